The SMILES string of the molecule is O=[N+]([O-])c1cnc(N2CC3(CCCC3)C2c2ccccc2)nc1. The zero-order chi connectivity index (χ0) is 15.9. The van der Waals surface area contributed by atoms with Gasteiger partial charge in [-0.2, -0.15) is 0 Å². The molecular weight excluding hydrogens is 292 g/mol. The van der Waals surface area contributed by atoms with E-state index in [1.807, 2.05) is 6.07 Å². The van der Waals surface area contributed by atoms with E-state index in [4.69, 9.17) is 0 Å². The number of nitrogens with zero attached hydrogens (tertiary/aromatic N) is 4. The van der Waals surface area contributed by atoms with Crippen LogP contribution in [0.2, 0.25) is 0 Å². The van der Waals surface area contributed by atoms with E-state index in [2.05, 4.69) is 39.1 Å². The predicted molar refractivity (Wildman–Crippen MR) is 86.1 cm³/mol. The van der Waals surface area contributed by atoms with Gasteiger partial charge in [-0.3, -0.25) is 10.1 Å². The minimum Gasteiger partial charge on any atom is -0.332 e. The highest BCUT2D eigenvalue weighted by atomic mass is 16.6. The lowest BCUT2D eigenvalue weighted by atomic mass is 9.67. The Labute approximate surface area is 134 Å². The number of aromatic nitrogens is 2. The van der Waals surface area contributed by atoms with Gasteiger partial charge in [-0.1, -0.05) is 43.2 Å². The Bertz CT molecular complexity index is 711. The van der Waals surface area contributed by atoms with E-state index >= 15 is 0 Å². The molecule has 0 N–H and O–H groups in total. The van der Waals surface area contributed by atoms with Crippen molar-refractivity contribution in [1.29, 1.82) is 0 Å². The largest absolute Gasteiger partial charge is 0.332 e. The van der Waals surface area contributed by atoms with Crippen LogP contribution in [0.5, 0.6) is 0 Å². The van der Waals surface area contributed by atoms with Crippen LogP contribution in [0.3, 0.4) is 0 Å². The van der Waals surface area contributed by atoms with Crippen LogP contribution in [0.15, 0.2) is 42.7 Å². The molecule has 1 spiro atoms. The minimum atomic E-state index is -0.465. The number of anilines is 1. The van der Waals surface area contributed by atoms with E-state index in [1.165, 1.54) is 43.6 Å². The van der Waals surface area contributed by atoms with Gasteiger partial charge in [0.1, 0.15) is 12.4 Å². The predicted octanol–water partition coefficient (Wildman–Crippen LogP) is 3.51. The number of benzene rings is 1. The average molecular weight is 310 g/mol. The molecule has 2 aromatic rings. The Kier molecular flexibility index (Phi) is 3.25. The normalized spacial score (nSPS) is 22.1. The fraction of sp³-hybridized carbons (Fsp3) is 0.412. The maximum Gasteiger partial charge on any atom is 0.305 e. The number of hydrogen-bond donors (Lipinski definition) is 0. The summed E-state index contributed by atoms with van der Waals surface area (Å²) in [4.78, 5) is 20.9. The molecule has 1 aromatic carbocycles. The number of hydrogen-bond acceptors (Lipinski definition) is 5. The Balaban J connectivity index is 1.67. The lowest BCUT2D eigenvalue weighted by Crippen LogP contribution is -2.58. The molecule has 23 heavy (non-hydrogen) atoms. The Morgan fingerprint density at radius 1 is 1.13 bits per heavy atom. The molecule has 0 bridgehead atoms. The summed E-state index contributed by atoms with van der Waals surface area (Å²) in [7, 11) is 0. The quantitative estimate of drug-likeness (QED) is 0.641. The highest BCUT2D eigenvalue weighted by Gasteiger charge is 2.55. The molecule has 1 atom stereocenters. The maximum atomic E-state index is 10.8. The van der Waals surface area contributed by atoms with Gasteiger partial charge in [-0.25, -0.2) is 9.97 Å². The van der Waals surface area contributed by atoms with Crippen LogP contribution in [-0.2, 0) is 0 Å². The van der Waals surface area contributed by atoms with Crippen molar-refractivity contribution in [3.63, 3.8) is 0 Å². The van der Waals surface area contributed by atoms with Crippen LogP contribution in [0.4, 0.5) is 11.6 Å². The first kappa shape index (κ1) is 14.1. The van der Waals surface area contributed by atoms with Crippen molar-refractivity contribution in [3.05, 3.63) is 58.4 Å². The standard InChI is InChI=1S/C17H18N4O2/c22-21(23)14-10-18-16(19-11-14)20-12-17(8-4-5-9-17)15(20)13-6-2-1-3-7-13/h1-3,6-7,10-11,15H,4-5,8-9,12H2. The first-order chi connectivity index (χ1) is 11.2. The van der Waals surface area contributed by atoms with Gasteiger partial charge < -0.3 is 4.90 Å². The molecule has 6 nitrogen and oxygen atoms in total. The summed E-state index contributed by atoms with van der Waals surface area (Å²) in [5, 5.41) is 10.8. The minimum absolute atomic E-state index is 0.0684. The summed E-state index contributed by atoms with van der Waals surface area (Å²) < 4.78 is 0. The monoisotopic (exact) mass is 310 g/mol. The van der Waals surface area contributed by atoms with E-state index in [0.29, 0.717) is 11.4 Å². The second-order valence-electron chi connectivity index (χ2n) is 6.51. The van der Waals surface area contributed by atoms with Gasteiger partial charge >= 0.3 is 5.69 Å². The van der Waals surface area contributed by atoms with Crippen molar-refractivity contribution < 1.29 is 4.92 Å². The number of rotatable bonds is 3. The smallest absolute Gasteiger partial charge is 0.305 e. The summed E-state index contributed by atoms with van der Waals surface area (Å²) in [5.74, 6) is 0.585. The molecule has 2 fully saturated rings. The molecular formula is C17H18N4O2. The molecule has 0 radical (unpaired) electrons. The second kappa shape index (κ2) is 5.30. The molecule has 2 heterocycles. The van der Waals surface area contributed by atoms with Crippen LogP contribution >= 0.6 is 0 Å². The lowest BCUT2D eigenvalue weighted by molar-refractivity contribution is -0.385. The molecule has 1 aromatic heterocycles. The molecule has 6 heteroatoms. The van der Waals surface area contributed by atoms with Gasteiger partial charge in [-0.15, -0.1) is 0 Å². The summed E-state index contributed by atoms with van der Waals surface area (Å²) >= 11 is 0. The van der Waals surface area contributed by atoms with Crippen LogP contribution in [-0.4, -0.2) is 21.4 Å². The fourth-order valence-corrected chi connectivity index (χ4v) is 4.16. The van der Waals surface area contributed by atoms with Crippen molar-refractivity contribution in [2.75, 3.05) is 11.4 Å². The first-order valence-corrected chi connectivity index (χ1v) is 7.98. The van der Waals surface area contributed by atoms with Crippen LogP contribution in [0.1, 0.15) is 37.3 Å². The topological polar surface area (TPSA) is 72.2 Å². The Hall–Kier alpha value is -2.50. The Morgan fingerprint density at radius 3 is 2.39 bits per heavy atom. The van der Waals surface area contributed by atoms with E-state index in [-0.39, 0.29) is 11.7 Å². The van der Waals surface area contributed by atoms with Crippen molar-refractivity contribution >= 4 is 11.6 Å². The van der Waals surface area contributed by atoms with Crippen LogP contribution in [0.25, 0.3) is 0 Å². The molecule has 0 amide bonds. The average Bonchev–Trinajstić information content (AvgIpc) is 3.05. The van der Waals surface area contributed by atoms with Crippen molar-refractivity contribution in [3.8, 4) is 0 Å². The second-order valence-corrected chi connectivity index (χ2v) is 6.51. The van der Waals surface area contributed by atoms with Gasteiger partial charge in [0, 0.05) is 12.0 Å². The molecule has 1 aliphatic carbocycles. The number of nitro groups is 1. The Morgan fingerprint density at radius 2 is 1.78 bits per heavy atom. The fourth-order valence-electron chi connectivity index (χ4n) is 4.16. The summed E-state index contributed by atoms with van der Waals surface area (Å²) in [5.41, 5.74) is 1.52. The van der Waals surface area contributed by atoms with Gasteiger partial charge in [0.25, 0.3) is 0 Å². The molecule has 4 rings (SSSR count). The third-order valence-corrected chi connectivity index (χ3v) is 5.18. The molecule has 118 valence electrons. The zero-order valence-electron chi connectivity index (χ0n) is 12.8. The first-order valence-electron chi connectivity index (χ1n) is 7.98. The summed E-state index contributed by atoms with van der Waals surface area (Å²) in [6.07, 6.45) is 7.61. The molecule has 1 aliphatic heterocycles. The molecule has 1 saturated carbocycles. The molecule has 1 unspecified atom stereocenters. The maximum absolute atomic E-state index is 10.8. The van der Waals surface area contributed by atoms with Gasteiger partial charge in [0.05, 0.1) is 11.0 Å². The van der Waals surface area contributed by atoms with E-state index in [1.54, 1.807) is 0 Å². The highest BCUT2D eigenvalue weighted by Crippen LogP contribution is 2.58. The lowest BCUT2D eigenvalue weighted by Gasteiger charge is -2.56. The van der Waals surface area contributed by atoms with E-state index in [0.717, 1.165) is 6.54 Å². The van der Waals surface area contributed by atoms with E-state index < -0.39 is 4.92 Å². The van der Waals surface area contributed by atoms with Crippen LogP contribution < -0.4 is 4.90 Å². The molecule has 2 aliphatic rings. The van der Waals surface area contributed by atoms with Gasteiger partial charge in [-0.05, 0) is 18.4 Å². The van der Waals surface area contributed by atoms with Crippen LogP contribution in [0, 0.1) is 15.5 Å². The summed E-state index contributed by atoms with van der Waals surface area (Å²) in [6.45, 7) is 0.935. The highest BCUT2D eigenvalue weighted by molar-refractivity contribution is 5.46. The van der Waals surface area contributed by atoms with Crippen molar-refractivity contribution in [2.24, 2.45) is 5.41 Å². The third-order valence-electron chi connectivity index (χ3n) is 5.18. The van der Waals surface area contributed by atoms with Crippen molar-refractivity contribution in [1.82, 2.24) is 9.97 Å². The summed E-state index contributed by atoms with van der Waals surface area (Å²) in [6, 6.07) is 10.7. The van der Waals surface area contributed by atoms with Gasteiger partial charge in [0.2, 0.25) is 5.95 Å². The third kappa shape index (κ3) is 2.25. The van der Waals surface area contributed by atoms with Gasteiger partial charge in [0.15, 0.2) is 0 Å². The molecule has 1 saturated heterocycles. The zero-order valence-corrected chi connectivity index (χ0v) is 12.8. The van der Waals surface area contributed by atoms with Crippen molar-refractivity contribution in [2.45, 2.75) is 31.7 Å². The van der Waals surface area contributed by atoms with E-state index in [9.17, 15) is 10.1 Å².